The quantitative estimate of drug-likeness (QED) is 0.591. The van der Waals surface area contributed by atoms with Crippen molar-refractivity contribution in [1.82, 2.24) is 5.32 Å². The van der Waals surface area contributed by atoms with Gasteiger partial charge in [-0.05, 0) is 54.4 Å². The summed E-state index contributed by atoms with van der Waals surface area (Å²) in [6.07, 6.45) is 0. The second-order valence-corrected chi connectivity index (χ2v) is 6.69. The monoisotopic (exact) mass is 408 g/mol. The second kappa shape index (κ2) is 9.75. The Hall–Kier alpha value is -3.31. The minimum atomic E-state index is -0.320. The summed E-state index contributed by atoms with van der Waals surface area (Å²) in [6.45, 7) is 2.24. The molecule has 0 unspecified atom stereocenters. The van der Waals surface area contributed by atoms with Crippen molar-refractivity contribution in [1.29, 1.82) is 0 Å². The Kier molecular flexibility index (Phi) is 6.87. The van der Waals surface area contributed by atoms with Gasteiger partial charge in [0.25, 0.3) is 11.8 Å². The summed E-state index contributed by atoms with van der Waals surface area (Å²) in [6, 6.07) is 22.0. The number of hydrogen-bond acceptors (Lipinski definition) is 3. The van der Waals surface area contributed by atoms with Crippen molar-refractivity contribution in [3.63, 3.8) is 0 Å². The van der Waals surface area contributed by atoms with E-state index >= 15 is 0 Å². The molecular formula is C23H21ClN2O3. The molecule has 0 fully saturated rings. The summed E-state index contributed by atoms with van der Waals surface area (Å²) >= 11 is 6.30. The van der Waals surface area contributed by atoms with E-state index in [9.17, 15) is 9.59 Å². The van der Waals surface area contributed by atoms with Crippen LogP contribution in [0, 0.1) is 0 Å². The number of benzene rings is 3. The number of rotatable bonds is 7. The lowest BCUT2D eigenvalue weighted by molar-refractivity contribution is -0.118. The molecule has 0 saturated heterocycles. The molecule has 0 aliphatic rings. The van der Waals surface area contributed by atoms with Crippen molar-refractivity contribution in [2.24, 2.45) is 0 Å². The van der Waals surface area contributed by atoms with Crippen LogP contribution < -0.4 is 15.4 Å². The molecule has 3 aromatic rings. The standard InChI is InChI=1S/C23H21ClN2O3/c1-2-25-23(28)17-8-11-19(12-9-17)26-22(27)15-29-21-13-10-18(14-20(21)24)16-6-4-3-5-7-16/h3-14H,2,15H2,1H3,(H,25,28)(H,26,27). The number of nitrogens with one attached hydrogen (secondary N) is 2. The third kappa shape index (κ3) is 5.59. The summed E-state index contributed by atoms with van der Waals surface area (Å²) in [4.78, 5) is 23.9. The molecule has 29 heavy (non-hydrogen) atoms. The van der Waals surface area contributed by atoms with Gasteiger partial charge >= 0.3 is 0 Å². The van der Waals surface area contributed by atoms with E-state index in [0.717, 1.165) is 11.1 Å². The molecule has 0 saturated carbocycles. The van der Waals surface area contributed by atoms with Crippen LogP contribution in [0.2, 0.25) is 5.02 Å². The van der Waals surface area contributed by atoms with E-state index in [1.54, 1.807) is 30.3 Å². The zero-order valence-corrected chi connectivity index (χ0v) is 16.7. The Bertz CT molecular complexity index is 989. The van der Waals surface area contributed by atoms with Gasteiger partial charge < -0.3 is 15.4 Å². The van der Waals surface area contributed by atoms with Gasteiger partial charge in [-0.3, -0.25) is 9.59 Å². The molecule has 6 heteroatoms. The van der Waals surface area contributed by atoms with Gasteiger partial charge in [0.1, 0.15) is 5.75 Å². The predicted molar refractivity (Wildman–Crippen MR) is 115 cm³/mol. The number of ether oxygens (including phenoxy) is 1. The lowest BCUT2D eigenvalue weighted by Crippen LogP contribution is -2.23. The Labute approximate surface area is 174 Å². The van der Waals surface area contributed by atoms with Crippen molar-refractivity contribution < 1.29 is 14.3 Å². The van der Waals surface area contributed by atoms with Gasteiger partial charge in [0.2, 0.25) is 0 Å². The highest BCUT2D eigenvalue weighted by Gasteiger charge is 2.09. The lowest BCUT2D eigenvalue weighted by Gasteiger charge is -2.10. The number of hydrogen-bond donors (Lipinski definition) is 2. The molecule has 0 bridgehead atoms. The maximum Gasteiger partial charge on any atom is 0.262 e. The van der Waals surface area contributed by atoms with E-state index in [-0.39, 0.29) is 18.4 Å². The first kappa shape index (κ1) is 20.4. The van der Waals surface area contributed by atoms with Crippen LogP contribution in [-0.2, 0) is 4.79 Å². The number of carbonyl (C=O) groups is 2. The SMILES string of the molecule is CCNC(=O)c1ccc(NC(=O)COc2ccc(-c3ccccc3)cc2Cl)cc1. The molecule has 0 spiro atoms. The average molecular weight is 409 g/mol. The van der Waals surface area contributed by atoms with Crippen LogP contribution in [0.3, 0.4) is 0 Å². The zero-order valence-electron chi connectivity index (χ0n) is 15.9. The molecule has 0 aliphatic carbocycles. The molecule has 0 heterocycles. The molecule has 5 nitrogen and oxygen atoms in total. The highest BCUT2D eigenvalue weighted by molar-refractivity contribution is 6.32. The van der Waals surface area contributed by atoms with Crippen LogP contribution in [0.4, 0.5) is 5.69 Å². The summed E-state index contributed by atoms with van der Waals surface area (Å²) in [5, 5.41) is 5.89. The van der Waals surface area contributed by atoms with Gasteiger partial charge in [0, 0.05) is 17.8 Å². The number of carbonyl (C=O) groups excluding carboxylic acids is 2. The number of anilines is 1. The van der Waals surface area contributed by atoms with E-state index in [0.29, 0.717) is 28.6 Å². The Morgan fingerprint density at radius 2 is 1.66 bits per heavy atom. The average Bonchev–Trinajstić information content (AvgIpc) is 2.74. The molecule has 2 N–H and O–H groups in total. The summed E-state index contributed by atoms with van der Waals surface area (Å²) in [5.74, 6) is -0.0330. The van der Waals surface area contributed by atoms with Gasteiger partial charge in [-0.2, -0.15) is 0 Å². The largest absolute Gasteiger partial charge is 0.482 e. The number of amides is 2. The Balaban J connectivity index is 1.56. The van der Waals surface area contributed by atoms with E-state index in [2.05, 4.69) is 10.6 Å². The van der Waals surface area contributed by atoms with Crippen LogP contribution in [0.15, 0.2) is 72.8 Å². The van der Waals surface area contributed by atoms with Crippen molar-refractivity contribution in [3.05, 3.63) is 83.4 Å². The first-order valence-corrected chi connectivity index (χ1v) is 9.60. The van der Waals surface area contributed by atoms with Crippen LogP contribution in [-0.4, -0.2) is 25.0 Å². The minimum absolute atomic E-state index is 0.151. The first-order valence-electron chi connectivity index (χ1n) is 9.22. The van der Waals surface area contributed by atoms with Crippen molar-refractivity contribution in [3.8, 4) is 16.9 Å². The maximum absolute atomic E-state index is 12.1. The fourth-order valence-electron chi connectivity index (χ4n) is 2.74. The van der Waals surface area contributed by atoms with Crippen LogP contribution >= 0.6 is 11.6 Å². The maximum atomic E-state index is 12.1. The van der Waals surface area contributed by atoms with Gasteiger partial charge in [-0.25, -0.2) is 0 Å². The van der Waals surface area contributed by atoms with Crippen molar-refractivity contribution in [2.45, 2.75) is 6.92 Å². The first-order chi connectivity index (χ1) is 14.1. The highest BCUT2D eigenvalue weighted by Crippen LogP contribution is 2.30. The van der Waals surface area contributed by atoms with Gasteiger partial charge in [0.15, 0.2) is 6.61 Å². The van der Waals surface area contributed by atoms with Crippen molar-refractivity contribution >= 4 is 29.1 Å². The van der Waals surface area contributed by atoms with Gasteiger partial charge in [-0.1, -0.05) is 48.0 Å². The topological polar surface area (TPSA) is 67.4 Å². The van der Waals surface area contributed by atoms with Crippen LogP contribution in [0.1, 0.15) is 17.3 Å². The summed E-state index contributed by atoms with van der Waals surface area (Å²) < 4.78 is 5.55. The third-order valence-electron chi connectivity index (χ3n) is 4.17. The third-order valence-corrected chi connectivity index (χ3v) is 4.46. The van der Waals surface area contributed by atoms with Crippen molar-refractivity contribution in [2.75, 3.05) is 18.5 Å². The molecule has 0 aliphatic heterocycles. The molecule has 3 rings (SSSR count). The molecule has 0 aromatic heterocycles. The minimum Gasteiger partial charge on any atom is -0.482 e. The molecule has 0 radical (unpaired) electrons. The Morgan fingerprint density at radius 1 is 0.931 bits per heavy atom. The van der Waals surface area contributed by atoms with Crippen LogP contribution in [0.25, 0.3) is 11.1 Å². The molecule has 3 aromatic carbocycles. The predicted octanol–water partition coefficient (Wildman–Crippen LogP) is 4.77. The van der Waals surface area contributed by atoms with E-state index in [1.807, 2.05) is 49.4 Å². The molecule has 2 amide bonds. The summed E-state index contributed by atoms with van der Waals surface area (Å²) in [5.41, 5.74) is 3.14. The molecule has 0 atom stereocenters. The van der Waals surface area contributed by atoms with Gasteiger partial charge in [-0.15, -0.1) is 0 Å². The normalized spacial score (nSPS) is 10.3. The second-order valence-electron chi connectivity index (χ2n) is 6.28. The Morgan fingerprint density at radius 3 is 2.31 bits per heavy atom. The smallest absolute Gasteiger partial charge is 0.262 e. The van der Waals surface area contributed by atoms with E-state index in [1.165, 1.54) is 0 Å². The van der Waals surface area contributed by atoms with Gasteiger partial charge in [0.05, 0.1) is 5.02 Å². The number of halogens is 1. The lowest BCUT2D eigenvalue weighted by atomic mass is 10.1. The van der Waals surface area contributed by atoms with Crippen LogP contribution in [0.5, 0.6) is 5.75 Å². The van der Waals surface area contributed by atoms with E-state index in [4.69, 9.17) is 16.3 Å². The van der Waals surface area contributed by atoms with E-state index < -0.39 is 0 Å². The molecular weight excluding hydrogens is 388 g/mol. The fraction of sp³-hybridized carbons (Fsp3) is 0.130. The summed E-state index contributed by atoms with van der Waals surface area (Å²) in [7, 11) is 0. The fourth-order valence-corrected chi connectivity index (χ4v) is 2.97. The highest BCUT2D eigenvalue weighted by atomic mass is 35.5. The molecule has 148 valence electrons. The zero-order chi connectivity index (χ0) is 20.6.